The van der Waals surface area contributed by atoms with Crippen LogP contribution in [0.3, 0.4) is 0 Å². The average Bonchev–Trinajstić information content (AvgIpc) is 2.61. The van der Waals surface area contributed by atoms with Crippen LogP contribution in [-0.4, -0.2) is 25.1 Å². The lowest BCUT2D eigenvalue weighted by Crippen LogP contribution is -2.35. The van der Waals surface area contributed by atoms with E-state index in [1.165, 1.54) is 0 Å². The van der Waals surface area contributed by atoms with Crippen molar-refractivity contribution in [1.82, 2.24) is 5.32 Å². The minimum Gasteiger partial charge on any atom is -0.497 e. The van der Waals surface area contributed by atoms with Crippen molar-refractivity contribution in [2.24, 2.45) is 5.92 Å². The van der Waals surface area contributed by atoms with Gasteiger partial charge in [0, 0.05) is 5.92 Å². The van der Waals surface area contributed by atoms with Crippen molar-refractivity contribution in [1.29, 1.82) is 0 Å². The summed E-state index contributed by atoms with van der Waals surface area (Å²) in [6.07, 6.45) is 6.59. The molecule has 0 aromatic heterocycles. The van der Waals surface area contributed by atoms with Crippen LogP contribution in [0.5, 0.6) is 5.75 Å². The maximum atomic E-state index is 12.6. The maximum absolute atomic E-state index is 12.6. The molecule has 1 aromatic rings. The summed E-state index contributed by atoms with van der Waals surface area (Å²) < 4.78 is 10.4. The third kappa shape index (κ3) is 5.93. The number of ether oxygens (including phenoxy) is 2. The Hall–Kier alpha value is -2.30. The predicted molar refractivity (Wildman–Crippen MR) is 96.2 cm³/mol. The fourth-order valence-corrected chi connectivity index (χ4v) is 2.89. The van der Waals surface area contributed by atoms with Gasteiger partial charge in [-0.1, -0.05) is 24.3 Å². The number of esters is 1. The van der Waals surface area contributed by atoms with E-state index in [0.29, 0.717) is 0 Å². The number of amides is 1. The molecule has 0 unspecified atom stereocenters. The van der Waals surface area contributed by atoms with Gasteiger partial charge in [-0.25, -0.2) is 0 Å². The van der Waals surface area contributed by atoms with Crippen molar-refractivity contribution in [3.8, 4) is 5.75 Å². The Morgan fingerprint density at radius 3 is 2.48 bits per heavy atom. The minimum absolute atomic E-state index is 0.0116. The van der Waals surface area contributed by atoms with E-state index in [9.17, 15) is 9.59 Å². The van der Waals surface area contributed by atoms with E-state index in [1.807, 2.05) is 44.2 Å². The standard InChI is InChI=1S/C20H27NO4/c1-14(2)25-19(22)13-18(15-9-11-17(24-3)12-10-15)21-20(23)16-7-5-4-6-8-16/h4-5,9-12,14,16,18H,6-8,13H2,1-3H3,(H,21,23)/t16-,18+/m0/s1. The number of hydrogen-bond acceptors (Lipinski definition) is 4. The molecule has 0 aliphatic heterocycles. The number of nitrogens with one attached hydrogen (secondary N) is 1. The van der Waals surface area contributed by atoms with Crippen LogP contribution in [0.2, 0.25) is 0 Å². The van der Waals surface area contributed by atoms with Gasteiger partial charge in [-0.15, -0.1) is 0 Å². The molecule has 0 bridgehead atoms. The number of carbonyl (C=O) groups is 2. The third-order valence-corrected chi connectivity index (χ3v) is 4.21. The van der Waals surface area contributed by atoms with E-state index in [4.69, 9.17) is 9.47 Å². The molecule has 0 saturated carbocycles. The first-order chi connectivity index (χ1) is 12.0. The van der Waals surface area contributed by atoms with E-state index in [1.54, 1.807) is 7.11 Å². The molecule has 1 aliphatic rings. The Morgan fingerprint density at radius 1 is 1.20 bits per heavy atom. The van der Waals surface area contributed by atoms with Crippen LogP contribution < -0.4 is 10.1 Å². The summed E-state index contributed by atoms with van der Waals surface area (Å²) in [6.45, 7) is 3.63. The van der Waals surface area contributed by atoms with Crippen molar-refractivity contribution >= 4 is 11.9 Å². The normalized spacial score (nSPS) is 17.8. The SMILES string of the molecule is COc1ccc([C@@H](CC(=O)OC(C)C)NC(=O)[C@H]2CC=CCC2)cc1. The first-order valence-electron chi connectivity index (χ1n) is 8.78. The molecular formula is C20H27NO4. The van der Waals surface area contributed by atoms with E-state index in [-0.39, 0.29) is 30.3 Å². The van der Waals surface area contributed by atoms with Gasteiger partial charge in [0.25, 0.3) is 0 Å². The highest BCUT2D eigenvalue weighted by molar-refractivity contribution is 5.80. The number of carbonyl (C=O) groups excluding carboxylic acids is 2. The molecule has 0 saturated heterocycles. The predicted octanol–water partition coefficient (Wildman–Crippen LogP) is 3.55. The zero-order chi connectivity index (χ0) is 18.2. The second kappa shape index (κ2) is 9.25. The zero-order valence-electron chi connectivity index (χ0n) is 15.2. The van der Waals surface area contributed by atoms with Gasteiger partial charge >= 0.3 is 5.97 Å². The van der Waals surface area contributed by atoms with Gasteiger partial charge in [0.2, 0.25) is 5.91 Å². The first-order valence-corrected chi connectivity index (χ1v) is 8.78. The summed E-state index contributed by atoms with van der Waals surface area (Å²) in [7, 11) is 1.60. The molecule has 2 atom stereocenters. The first kappa shape index (κ1) is 19.0. The summed E-state index contributed by atoms with van der Waals surface area (Å²) in [5.74, 6) is 0.366. The molecule has 2 rings (SSSR count). The number of hydrogen-bond donors (Lipinski definition) is 1. The molecule has 1 N–H and O–H groups in total. The Labute approximate surface area is 149 Å². The van der Waals surface area contributed by atoms with Crippen molar-refractivity contribution in [3.63, 3.8) is 0 Å². The van der Waals surface area contributed by atoms with E-state index in [0.717, 1.165) is 30.6 Å². The van der Waals surface area contributed by atoms with Gasteiger partial charge < -0.3 is 14.8 Å². The molecule has 136 valence electrons. The smallest absolute Gasteiger partial charge is 0.308 e. The van der Waals surface area contributed by atoms with Gasteiger partial charge in [-0.2, -0.15) is 0 Å². The van der Waals surface area contributed by atoms with Crippen molar-refractivity contribution in [2.75, 3.05) is 7.11 Å². The van der Waals surface area contributed by atoms with Crippen LogP contribution >= 0.6 is 0 Å². The summed E-state index contributed by atoms with van der Waals surface area (Å²) in [4.78, 5) is 24.7. The highest BCUT2D eigenvalue weighted by Crippen LogP contribution is 2.24. The van der Waals surface area contributed by atoms with Crippen LogP contribution in [0.1, 0.15) is 51.1 Å². The van der Waals surface area contributed by atoms with Crippen LogP contribution in [0, 0.1) is 5.92 Å². The van der Waals surface area contributed by atoms with Crippen molar-refractivity contribution in [2.45, 2.75) is 51.7 Å². The zero-order valence-corrected chi connectivity index (χ0v) is 15.2. The van der Waals surface area contributed by atoms with Crippen LogP contribution in [-0.2, 0) is 14.3 Å². The quantitative estimate of drug-likeness (QED) is 0.606. The minimum atomic E-state index is -0.407. The lowest BCUT2D eigenvalue weighted by atomic mass is 9.92. The summed E-state index contributed by atoms with van der Waals surface area (Å²) in [6, 6.07) is 6.98. The molecule has 0 heterocycles. The summed E-state index contributed by atoms with van der Waals surface area (Å²) in [5, 5.41) is 3.03. The van der Waals surface area contributed by atoms with Crippen molar-refractivity contribution in [3.05, 3.63) is 42.0 Å². The Balaban J connectivity index is 2.10. The Morgan fingerprint density at radius 2 is 1.92 bits per heavy atom. The van der Waals surface area contributed by atoms with E-state index >= 15 is 0 Å². The monoisotopic (exact) mass is 345 g/mol. The second-order valence-corrected chi connectivity index (χ2v) is 6.56. The second-order valence-electron chi connectivity index (χ2n) is 6.56. The van der Waals surface area contributed by atoms with E-state index < -0.39 is 6.04 Å². The highest BCUT2D eigenvalue weighted by atomic mass is 16.5. The number of rotatable bonds is 7. The molecule has 1 aromatic carbocycles. The van der Waals surface area contributed by atoms with Crippen LogP contribution in [0.25, 0.3) is 0 Å². The molecule has 1 amide bonds. The lowest BCUT2D eigenvalue weighted by Gasteiger charge is -2.23. The molecule has 5 nitrogen and oxygen atoms in total. The van der Waals surface area contributed by atoms with Gasteiger partial charge in [0.15, 0.2) is 0 Å². The molecule has 5 heteroatoms. The molecular weight excluding hydrogens is 318 g/mol. The molecule has 0 spiro atoms. The van der Waals surface area contributed by atoms with Gasteiger partial charge in [-0.05, 0) is 50.8 Å². The third-order valence-electron chi connectivity index (χ3n) is 4.21. The topological polar surface area (TPSA) is 64.6 Å². The lowest BCUT2D eigenvalue weighted by molar-refractivity contribution is -0.148. The average molecular weight is 345 g/mol. The largest absolute Gasteiger partial charge is 0.497 e. The molecule has 0 fully saturated rings. The highest BCUT2D eigenvalue weighted by Gasteiger charge is 2.25. The molecule has 1 aliphatic carbocycles. The molecule has 0 radical (unpaired) electrons. The van der Waals surface area contributed by atoms with Gasteiger partial charge in [-0.3, -0.25) is 9.59 Å². The summed E-state index contributed by atoms with van der Waals surface area (Å²) >= 11 is 0. The van der Waals surface area contributed by atoms with Crippen molar-refractivity contribution < 1.29 is 19.1 Å². The molecule has 25 heavy (non-hydrogen) atoms. The number of allylic oxidation sites excluding steroid dienone is 2. The number of benzene rings is 1. The fourth-order valence-electron chi connectivity index (χ4n) is 2.89. The summed E-state index contributed by atoms with van der Waals surface area (Å²) in [5.41, 5.74) is 0.862. The van der Waals surface area contributed by atoms with Gasteiger partial charge in [0.05, 0.1) is 25.7 Å². The fraction of sp³-hybridized carbons (Fsp3) is 0.500. The van der Waals surface area contributed by atoms with E-state index in [2.05, 4.69) is 11.4 Å². The maximum Gasteiger partial charge on any atom is 0.308 e. The van der Waals surface area contributed by atoms with Gasteiger partial charge in [0.1, 0.15) is 5.75 Å². The Kier molecular flexibility index (Phi) is 7.04. The number of methoxy groups -OCH3 is 1. The van der Waals surface area contributed by atoms with Crippen LogP contribution in [0.15, 0.2) is 36.4 Å². The van der Waals surface area contributed by atoms with Crippen LogP contribution in [0.4, 0.5) is 0 Å². The Bertz CT molecular complexity index is 607.